The zero-order valence-corrected chi connectivity index (χ0v) is 21.9. The second-order valence-electron chi connectivity index (χ2n) is 5.33. The molecule has 0 heterocycles. The van der Waals surface area contributed by atoms with E-state index in [-0.39, 0.29) is 53.5 Å². The van der Waals surface area contributed by atoms with Crippen LogP contribution in [0, 0.1) is 0 Å². The number of hydrogen-bond acceptors (Lipinski definition) is 0. The van der Waals surface area contributed by atoms with Crippen LogP contribution in [-0.2, 0) is 0 Å². The van der Waals surface area contributed by atoms with E-state index in [4.69, 9.17) is 0 Å². The van der Waals surface area contributed by atoms with Crippen molar-refractivity contribution in [2.45, 2.75) is 89.9 Å². The normalized spacial score (nSPS) is 9.90. The Morgan fingerprint density at radius 3 is 0.650 bits per heavy atom. The second-order valence-corrected chi connectivity index (χ2v) is 7.49. The summed E-state index contributed by atoms with van der Waals surface area (Å²) in [5.41, 5.74) is 0. The summed E-state index contributed by atoms with van der Waals surface area (Å²) in [6.45, 7) is 0. The molecule has 0 aromatic heterocycles. The van der Waals surface area contributed by atoms with Crippen molar-refractivity contribution in [2.24, 2.45) is 0 Å². The van der Waals surface area contributed by atoms with E-state index in [9.17, 15) is 0 Å². The molecular weight excluding hydrogens is 596 g/mol. The first-order valence-electron chi connectivity index (χ1n) is 8.03. The van der Waals surface area contributed by atoms with Gasteiger partial charge in [-0.2, -0.15) is 0 Å². The molecule has 0 saturated heterocycles. The molecule has 0 bridgehead atoms. The molecule has 0 rings (SSSR count). The maximum Gasteiger partial charge on any atom is 1.00 e. The number of alkyl halides is 2. The molecule has 0 radical (unpaired) electrons. The van der Waals surface area contributed by atoms with Crippen molar-refractivity contribution in [1.29, 1.82) is 0 Å². The van der Waals surface area contributed by atoms with Crippen LogP contribution in [0.15, 0.2) is 0 Å². The third-order valence-corrected chi connectivity index (χ3v) is 5.04. The van der Waals surface area contributed by atoms with E-state index < -0.39 is 0 Å². The van der Waals surface area contributed by atoms with Crippen LogP contribution in [0.3, 0.4) is 0 Å². The first kappa shape index (κ1) is 28.0. The molecule has 0 fully saturated rings. The third-order valence-electron chi connectivity index (χ3n) is 3.52. The molecule has 0 amide bonds. The summed E-state index contributed by atoms with van der Waals surface area (Å²) in [7, 11) is 0. The van der Waals surface area contributed by atoms with E-state index in [1.807, 2.05) is 0 Å². The maximum absolute atomic E-state index is 2.48. The van der Waals surface area contributed by atoms with Crippen LogP contribution in [-0.4, -0.2) is 8.86 Å². The first-order valence-corrected chi connectivity index (χ1v) is 11.1. The minimum absolute atomic E-state index is 0. The van der Waals surface area contributed by atoms with E-state index >= 15 is 0 Å². The van der Waals surface area contributed by atoms with Gasteiger partial charge in [0.25, 0.3) is 0 Å². The predicted octanol–water partition coefficient (Wildman–Crippen LogP) is 1.33. The number of hydrogen-bond donors (Lipinski definition) is 0. The minimum Gasteiger partial charge on any atom is -1.00 e. The fourth-order valence-electron chi connectivity index (χ4n) is 2.31. The van der Waals surface area contributed by atoms with Gasteiger partial charge < -0.3 is 24.0 Å². The van der Waals surface area contributed by atoms with Crippen LogP contribution in [0.25, 0.3) is 0 Å². The van der Waals surface area contributed by atoms with Gasteiger partial charge in [-0.15, -0.1) is 0 Å². The monoisotopic (exact) mass is 628 g/mol. The van der Waals surface area contributed by atoms with E-state index in [0.29, 0.717) is 0 Å². The van der Waals surface area contributed by atoms with Crippen molar-refractivity contribution in [3.63, 3.8) is 0 Å². The molecule has 0 N–H and O–H groups in total. The molecule has 0 saturated carbocycles. The Morgan fingerprint density at radius 2 is 0.500 bits per heavy atom. The summed E-state index contributed by atoms with van der Waals surface area (Å²) in [5.74, 6) is 0. The van der Waals surface area contributed by atoms with Crippen LogP contribution in [0.4, 0.5) is 0 Å². The Hall–Kier alpha value is 3.19. The number of halogens is 3. The van der Waals surface area contributed by atoms with E-state index in [0.717, 1.165) is 0 Å². The van der Waals surface area contributed by atoms with Crippen LogP contribution < -0.4 is 53.5 Å². The largest absolute Gasteiger partial charge is 1.00 e. The van der Waals surface area contributed by atoms with Crippen LogP contribution in [0.2, 0.25) is 0 Å². The van der Waals surface area contributed by atoms with Crippen molar-refractivity contribution in [3.8, 4) is 0 Å². The van der Waals surface area contributed by atoms with Gasteiger partial charge in [-0.05, 0) is 21.7 Å². The van der Waals surface area contributed by atoms with Crippen LogP contribution in [0.5, 0.6) is 0 Å². The molecule has 118 valence electrons. The topological polar surface area (TPSA) is 0 Å². The van der Waals surface area contributed by atoms with Crippen molar-refractivity contribution in [2.75, 3.05) is 8.86 Å². The Labute approximate surface area is 194 Å². The maximum atomic E-state index is 2.48. The molecule has 0 aliphatic rings. The molecule has 0 aliphatic carbocycles. The smallest absolute Gasteiger partial charge is 1.00 e. The van der Waals surface area contributed by atoms with Gasteiger partial charge in [0.15, 0.2) is 0 Å². The third kappa shape index (κ3) is 26.1. The standard InChI is InChI=1S/C16H32I2.HI.Na/c17-15-13-11-9-7-5-3-1-2-4-6-8-10-12-14-16-18;;/h1-16H2;1H;/q;;+1/p-1. The fourth-order valence-corrected chi connectivity index (χ4v) is 3.39. The van der Waals surface area contributed by atoms with Gasteiger partial charge in [-0.1, -0.05) is 122 Å². The fraction of sp³-hybridized carbons (Fsp3) is 1.00. The number of unbranched alkanes of at least 4 members (excludes halogenated alkanes) is 13. The predicted molar refractivity (Wildman–Crippen MR) is 102 cm³/mol. The van der Waals surface area contributed by atoms with Crippen molar-refractivity contribution in [3.05, 3.63) is 0 Å². The molecule has 4 heteroatoms. The van der Waals surface area contributed by atoms with Gasteiger partial charge in [0.05, 0.1) is 0 Å². The van der Waals surface area contributed by atoms with E-state index in [1.54, 1.807) is 0 Å². The quantitative estimate of drug-likeness (QED) is 0.111. The van der Waals surface area contributed by atoms with Gasteiger partial charge >= 0.3 is 29.6 Å². The molecule has 0 nitrogen and oxygen atoms in total. The average Bonchev–Trinajstić information content (AvgIpc) is 2.39. The Balaban J connectivity index is -0.00000144. The average molecular weight is 628 g/mol. The second kappa shape index (κ2) is 27.1. The Kier molecular flexibility index (Phi) is 37.9. The van der Waals surface area contributed by atoms with E-state index in [1.165, 1.54) is 98.7 Å². The van der Waals surface area contributed by atoms with Gasteiger partial charge in [0.2, 0.25) is 0 Å². The summed E-state index contributed by atoms with van der Waals surface area (Å²) < 4.78 is 2.69. The van der Waals surface area contributed by atoms with Crippen molar-refractivity contribution < 1.29 is 53.5 Å². The zero-order valence-electron chi connectivity index (χ0n) is 13.4. The molecule has 0 aromatic carbocycles. The van der Waals surface area contributed by atoms with Crippen LogP contribution in [0.1, 0.15) is 89.9 Å². The molecule has 0 aliphatic heterocycles. The summed E-state index contributed by atoms with van der Waals surface area (Å²) in [5, 5.41) is 0. The zero-order chi connectivity index (χ0) is 13.3. The Morgan fingerprint density at radius 1 is 0.350 bits per heavy atom. The SMILES string of the molecule is ICCCCCCCCCCCCCCCCI.[I-].[Na+]. The minimum atomic E-state index is 0. The van der Waals surface area contributed by atoms with E-state index in [2.05, 4.69) is 45.2 Å². The molecular formula is C16H32I3Na. The summed E-state index contributed by atoms with van der Waals surface area (Å²) >= 11 is 4.97. The van der Waals surface area contributed by atoms with Gasteiger partial charge in [-0.3, -0.25) is 0 Å². The van der Waals surface area contributed by atoms with Crippen molar-refractivity contribution in [1.82, 2.24) is 0 Å². The van der Waals surface area contributed by atoms with Crippen molar-refractivity contribution >= 4 is 45.2 Å². The first-order chi connectivity index (χ1) is 8.91. The van der Waals surface area contributed by atoms with Gasteiger partial charge in [-0.25, -0.2) is 0 Å². The molecule has 0 atom stereocenters. The summed E-state index contributed by atoms with van der Waals surface area (Å²) in [4.78, 5) is 0. The summed E-state index contributed by atoms with van der Waals surface area (Å²) in [6.07, 6.45) is 20.6. The molecule has 0 unspecified atom stereocenters. The Bertz CT molecular complexity index is 130. The number of rotatable bonds is 15. The summed E-state index contributed by atoms with van der Waals surface area (Å²) in [6, 6.07) is 0. The van der Waals surface area contributed by atoms with Gasteiger partial charge in [0, 0.05) is 0 Å². The molecule has 0 spiro atoms. The molecule has 20 heavy (non-hydrogen) atoms. The molecule has 0 aromatic rings. The van der Waals surface area contributed by atoms with Crippen LogP contribution >= 0.6 is 45.2 Å². The van der Waals surface area contributed by atoms with Gasteiger partial charge in [0.1, 0.15) is 0 Å².